The van der Waals surface area contributed by atoms with E-state index in [9.17, 15) is 9.59 Å². The Hall–Kier alpha value is -1.91. The van der Waals surface area contributed by atoms with Crippen LogP contribution in [0.2, 0.25) is 0 Å². The van der Waals surface area contributed by atoms with Gasteiger partial charge in [-0.25, -0.2) is 0 Å². The third-order valence-corrected chi connectivity index (χ3v) is 4.16. The molecule has 1 saturated heterocycles. The van der Waals surface area contributed by atoms with Gasteiger partial charge in [-0.3, -0.25) is 14.6 Å². The molecule has 1 atom stereocenters. The molecular formula is C15H19N3O2. The monoisotopic (exact) mass is 273 g/mol. The molecule has 5 nitrogen and oxygen atoms in total. The van der Waals surface area contributed by atoms with Gasteiger partial charge in [-0.05, 0) is 44.7 Å². The lowest BCUT2D eigenvalue weighted by atomic mass is 9.91. The topological polar surface area (TPSA) is 62.3 Å². The van der Waals surface area contributed by atoms with E-state index >= 15 is 0 Å². The molecule has 1 aliphatic heterocycles. The molecule has 3 rings (SSSR count). The Kier molecular flexibility index (Phi) is 3.00. The minimum atomic E-state index is -0.723. The first kappa shape index (κ1) is 13.1. The molecule has 1 aliphatic carbocycles. The van der Waals surface area contributed by atoms with Gasteiger partial charge in [0.1, 0.15) is 12.1 Å². The second kappa shape index (κ2) is 4.58. The van der Waals surface area contributed by atoms with Crippen molar-refractivity contribution in [3.63, 3.8) is 0 Å². The summed E-state index contributed by atoms with van der Waals surface area (Å²) in [6.45, 7) is 4.29. The Morgan fingerprint density at radius 2 is 2.15 bits per heavy atom. The molecule has 5 heteroatoms. The van der Waals surface area contributed by atoms with E-state index in [0.29, 0.717) is 6.54 Å². The molecule has 0 aromatic carbocycles. The maximum atomic E-state index is 12.6. The Labute approximate surface area is 118 Å². The molecule has 0 spiro atoms. The van der Waals surface area contributed by atoms with Gasteiger partial charge in [0, 0.05) is 5.69 Å². The zero-order valence-corrected chi connectivity index (χ0v) is 11.8. The van der Waals surface area contributed by atoms with Crippen LogP contribution >= 0.6 is 0 Å². The zero-order valence-electron chi connectivity index (χ0n) is 11.8. The zero-order chi connectivity index (χ0) is 14.3. The molecule has 2 aliphatic rings. The molecule has 2 amide bonds. The molecule has 0 bridgehead atoms. The van der Waals surface area contributed by atoms with E-state index < -0.39 is 5.54 Å². The van der Waals surface area contributed by atoms with Crippen LogP contribution in [0.3, 0.4) is 0 Å². The summed E-state index contributed by atoms with van der Waals surface area (Å²) in [5, 5.41) is 2.88. The molecule has 0 radical (unpaired) electrons. The number of pyridine rings is 1. The number of hydrogen-bond donors (Lipinski definition) is 1. The summed E-state index contributed by atoms with van der Waals surface area (Å²) in [7, 11) is 0. The first-order chi connectivity index (χ1) is 9.49. The average molecular weight is 273 g/mol. The number of carbonyl (C=O) groups is 2. The summed E-state index contributed by atoms with van der Waals surface area (Å²) >= 11 is 0. The van der Waals surface area contributed by atoms with E-state index in [2.05, 4.69) is 10.3 Å². The molecular weight excluding hydrogens is 254 g/mol. The van der Waals surface area contributed by atoms with Gasteiger partial charge >= 0.3 is 0 Å². The van der Waals surface area contributed by atoms with Gasteiger partial charge < -0.3 is 10.2 Å². The van der Waals surface area contributed by atoms with Crippen LogP contribution in [-0.2, 0) is 16.1 Å². The van der Waals surface area contributed by atoms with Crippen molar-refractivity contribution in [2.75, 3.05) is 6.54 Å². The second-order valence-corrected chi connectivity index (χ2v) is 5.96. The van der Waals surface area contributed by atoms with Gasteiger partial charge in [0.2, 0.25) is 11.8 Å². The first-order valence-electron chi connectivity index (χ1n) is 7.02. The van der Waals surface area contributed by atoms with Crippen LogP contribution in [0.25, 0.3) is 0 Å². The van der Waals surface area contributed by atoms with Crippen LogP contribution in [-0.4, -0.2) is 33.8 Å². The van der Waals surface area contributed by atoms with Crippen molar-refractivity contribution in [3.05, 3.63) is 29.6 Å². The van der Waals surface area contributed by atoms with Gasteiger partial charge in [0.25, 0.3) is 0 Å². The Morgan fingerprint density at radius 1 is 1.40 bits per heavy atom. The lowest BCUT2D eigenvalue weighted by molar-refractivity contribution is -0.150. The van der Waals surface area contributed by atoms with Gasteiger partial charge in [-0.1, -0.05) is 6.07 Å². The fraction of sp³-hybridized carbons (Fsp3) is 0.533. The molecule has 106 valence electrons. The highest BCUT2D eigenvalue weighted by atomic mass is 16.2. The molecule has 1 N–H and O–H groups in total. The largest absolute Gasteiger partial charge is 0.340 e. The van der Waals surface area contributed by atoms with Crippen LogP contribution in [0.1, 0.15) is 31.2 Å². The van der Waals surface area contributed by atoms with E-state index in [1.165, 1.54) is 0 Å². The Morgan fingerprint density at radius 3 is 2.80 bits per heavy atom. The van der Waals surface area contributed by atoms with E-state index in [1.807, 2.05) is 32.0 Å². The maximum absolute atomic E-state index is 12.6. The number of piperazine rings is 1. The van der Waals surface area contributed by atoms with Crippen molar-refractivity contribution in [1.29, 1.82) is 0 Å². The fourth-order valence-electron chi connectivity index (χ4n) is 2.90. The Balaban J connectivity index is 1.81. The van der Waals surface area contributed by atoms with Crippen LogP contribution in [0.15, 0.2) is 18.2 Å². The normalized spacial score (nSPS) is 26.6. The minimum Gasteiger partial charge on any atom is -0.340 e. The number of rotatable bonds is 3. The molecule has 2 fully saturated rings. The summed E-state index contributed by atoms with van der Waals surface area (Å²) in [5.74, 6) is 0.224. The number of amides is 2. The fourth-order valence-corrected chi connectivity index (χ4v) is 2.90. The maximum Gasteiger partial charge on any atom is 0.249 e. The Bertz CT molecular complexity index is 568. The third-order valence-electron chi connectivity index (χ3n) is 4.16. The van der Waals surface area contributed by atoms with Crippen molar-refractivity contribution in [3.8, 4) is 0 Å². The summed E-state index contributed by atoms with van der Waals surface area (Å²) in [6, 6.07) is 5.73. The van der Waals surface area contributed by atoms with E-state index in [4.69, 9.17) is 0 Å². The van der Waals surface area contributed by atoms with Gasteiger partial charge in [-0.15, -0.1) is 0 Å². The summed E-state index contributed by atoms with van der Waals surface area (Å²) in [4.78, 5) is 30.6. The van der Waals surface area contributed by atoms with E-state index in [-0.39, 0.29) is 24.3 Å². The van der Waals surface area contributed by atoms with Crippen molar-refractivity contribution < 1.29 is 9.59 Å². The van der Waals surface area contributed by atoms with Crippen molar-refractivity contribution in [1.82, 2.24) is 15.2 Å². The highest BCUT2D eigenvalue weighted by molar-refractivity contribution is 5.98. The standard InChI is InChI=1S/C15H19N3O2/c1-10-4-3-5-12(16-10)8-18-9-13(19)17-15(2,14(18)20)11-6-7-11/h3-5,11H,6-9H2,1-2H3,(H,17,19). The molecule has 2 heterocycles. The number of hydrogen-bond acceptors (Lipinski definition) is 3. The van der Waals surface area contributed by atoms with Gasteiger partial charge in [0.15, 0.2) is 0 Å². The van der Waals surface area contributed by atoms with Crippen molar-refractivity contribution in [2.45, 2.75) is 38.8 Å². The number of carbonyl (C=O) groups excluding carboxylic acids is 2. The number of aromatic nitrogens is 1. The molecule has 1 aromatic heterocycles. The highest BCUT2D eigenvalue weighted by Gasteiger charge is 2.52. The summed E-state index contributed by atoms with van der Waals surface area (Å²) < 4.78 is 0. The lowest BCUT2D eigenvalue weighted by Gasteiger charge is -2.40. The average Bonchev–Trinajstić information content (AvgIpc) is 3.20. The number of nitrogens with one attached hydrogen (secondary N) is 1. The van der Waals surface area contributed by atoms with Crippen LogP contribution in [0.5, 0.6) is 0 Å². The van der Waals surface area contributed by atoms with E-state index in [0.717, 1.165) is 24.2 Å². The van der Waals surface area contributed by atoms with Crippen molar-refractivity contribution >= 4 is 11.8 Å². The van der Waals surface area contributed by atoms with Crippen LogP contribution in [0, 0.1) is 12.8 Å². The molecule has 20 heavy (non-hydrogen) atoms. The van der Waals surface area contributed by atoms with Crippen LogP contribution < -0.4 is 5.32 Å². The van der Waals surface area contributed by atoms with Crippen molar-refractivity contribution in [2.24, 2.45) is 5.92 Å². The number of nitrogens with zero attached hydrogens (tertiary/aromatic N) is 2. The first-order valence-corrected chi connectivity index (χ1v) is 7.02. The van der Waals surface area contributed by atoms with Gasteiger partial charge in [0.05, 0.1) is 12.2 Å². The quantitative estimate of drug-likeness (QED) is 0.894. The lowest BCUT2D eigenvalue weighted by Crippen LogP contribution is -2.66. The minimum absolute atomic E-state index is 0.0166. The second-order valence-electron chi connectivity index (χ2n) is 5.96. The smallest absolute Gasteiger partial charge is 0.249 e. The predicted octanol–water partition coefficient (Wildman–Crippen LogP) is 1.02. The van der Waals surface area contributed by atoms with E-state index in [1.54, 1.807) is 4.90 Å². The highest BCUT2D eigenvalue weighted by Crippen LogP contribution is 2.41. The summed E-state index contributed by atoms with van der Waals surface area (Å²) in [6.07, 6.45) is 2.03. The predicted molar refractivity (Wildman–Crippen MR) is 73.7 cm³/mol. The SMILES string of the molecule is Cc1cccc(CN2CC(=O)NC(C)(C3CC3)C2=O)n1. The number of aryl methyl sites for hydroxylation is 1. The molecule has 1 saturated carbocycles. The summed E-state index contributed by atoms with van der Waals surface area (Å²) in [5.41, 5.74) is 1.02. The molecule has 1 aromatic rings. The van der Waals surface area contributed by atoms with Gasteiger partial charge in [-0.2, -0.15) is 0 Å². The van der Waals surface area contributed by atoms with Crippen LogP contribution in [0.4, 0.5) is 0 Å². The molecule has 1 unspecified atom stereocenters. The third kappa shape index (κ3) is 2.28.